The fourth-order valence-electron chi connectivity index (χ4n) is 2.15. The summed E-state index contributed by atoms with van der Waals surface area (Å²) < 4.78 is 16.1. The smallest absolute Gasteiger partial charge is 0.342 e. The SMILES string of the molecule is COc1cc(SC)ccc1C(=O)OCc1nc2ccccc2o1. The number of benzene rings is 2. The summed E-state index contributed by atoms with van der Waals surface area (Å²) in [4.78, 5) is 17.5. The fourth-order valence-corrected chi connectivity index (χ4v) is 2.58. The molecular formula is C17H15NO4S. The van der Waals surface area contributed by atoms with Gasteiger partial charge in [-0.1, -0.05) is 12.1 Å². The maximum absolute atomic E-state index is 12.2. The Morgan fingerprint density at radius 2 is 2.09 bits per heavy atom. The van der Waals surface area contributed by atoms with Gasteiger partial charge in [0.1, 0.15) is 16.8 Å². The van der Waals surface area contributed by atoms with Crippen molar-refractivity contribution >= 4 is 28.8 Å². The fraction of sp³-hybridized carbons (Fsp3) is 0.176. The van der Waals surface area contributed by atoms with E-state index in [2.05, 4.69) is 4.98 Å². The minimum atomic E-state index is -0.475. The molecule has 2 aromatic carbocycles. The summed E-state index contributed by atoms with van der Waals surface area (Å²) in [5.41, 5.74) is 1.78. The highest BCUT2D eigenvalue weighted by Gasteiger charge is 2.16. The van der Waals surface area contributed by atoms with E-state index in [1.54, 1.807) is 23.9 Å². The standard InChI is InChI=1S/C17H15NO4S/c1-20-15-9-11(23-2)7-8-12(15)17(19)21-10-16-18-13-5-3-4-6-14(13)22-16/h3-9H,10H2,1-2H3. The van der Waals surface area contributed by atoms with Gasteiger partial charge in [-0.05, 0) is 36.6 Å². The van der Waals surface area contributed by atoms with Crippen LogP contribution in [0.5, 0.6) is 5.75 Å². The van der Waals surface area contributed by atoms with E-state index < -0.39 is 5.97 Å². The zero-order valence-corrected chi connectivity index (χ0v) is 13.6. The Morgan fingerprint density at radius 1 is 1.26 bits per heavy atom. The van der Waals surface area contributed by atoms with Crippen LogP contribution in [0.25, 0.3) is 11.1 Å². The number of esters is 1. The van der Waals surface area contributed by atoms with Crippen LogP contribution in [0.1, 0.15) is 16.2 Å². The van der Waals surface area contributed by atoms with Gasteiger partial charge in [0.2, 0.25) is 5.89 Å². The topological polar surface area (TPSA) is 61.6 Å². The minimum absolute atomic E-state index is 0.0268. The molecule has 0 bridgehead atoms. The summed E-state index contributed by atoms with van der Waals surface area (Å²) in [6.45, 7) is -0.0268. The van der Waals surface area contributed by atoms with Crippen LogP contribution < -0.4 is 4.74 Å². The second kappa shape index (κ2) is 6.75. The van der Waals surface area contributed by atoms with E-state index in [9.17, 15) is 4.79 Å². The number of carbonyl (C=O) groups excluding carboxylic acids is 1. The van der Waals surface area contributed by atoms with Crippen molar-refractivity contribution in [2.75, 3.05) is 13.4 Å². The highest BCUT2D eigenvalue weighted by Crippen LogP contribution is 2.26. The predicted octanol–water partition coefficient (Wildman–Crippen LogP) is 3.92. The molecule has 0 aliphatic carbocycles. The number of hydrogen-bond donors (Lipinski definition) is 0. The van der Waals surface area contributed by atoms with Crippen molar-refractivity contribution in [1.82, 2.24) is 4.98 Å². The Morgan fingerprint density at radius 3 is 2.83 bits per heavy atom. The van der Waals surface area contributed by atoms with Crippen LogP contribution in [-0.2, 0) is 11.3 Å². The van der Waals surface area contributed by atoms with Gasteiger partial charge in [-0.3, -0.25) is 0 Å². The van der Waals surface area contributed by atoms with Gasteiger partial charge in [-0.25, -0.2) is 9.78 Å². The zero-order valence-electron chi connectivity index (χ0n) is 12.7. The molecule has 0 unspecified atom stereocenters. The monoisotopic (exact) mass is 329 g/mol. The van der Waals surface area contributed by atoms with Crippen LogP contribution in [0, 0.1) is 0 Å². The first-order valence-electron chi connectivity index (χ1n) is 6.95. The molecule has 0 saturated heterocycles. The molecule has 1 aromatic heterocycles. The molecule has 0 aliphatic rings. The Bertz CT molecular complexity index is 810. The molecule has 0 atom stereocenters. The molecular weight excluding hydrogens is 314 g/mol. The molecule has 0 saturated carbocycles. The Balaban J connectivity index is 1.74. The molecule has 5 nitrogen and oxygen atoms in total. The molecule has 0 amide bonds. The molecule has 118 valence electrons. The lowest BCUT2D eigenvalue weighted by atomic mass is 10.2. The van der Waals surface area contributed by atoms with Crippen molar-refractivity contribution in [2.24, 2.45) is 0 Å². The average molecular weight is 329 g/mol. The summed E-state index contributed by atoms with van der Waals surface area (Å²) in [6.07, 6.45) is 1.96. The van der Waals surface area contributed by atoms with Crippen LogP contribution in [-0.4, -0.2) is 24.3 Å². The van der Waals surface area contributed by atoms with Crippen LogP contribution in [0.4, 0.5) is 0 Å². The average Bonchev–Trinajstić information content (AvgIpc) is 3.02. The maximum Gasteiger partial charge on any atom is 0.342 e. The number of fused-ring (bicyclic) bond motifs is 1. The van der Waals surface area contributed by atoms with Crippen LogP contribution in [0.3, 0.4) is 0 Å². The zero-order chi connectivity index (χ0) is 16.2. The van der Waals surface area contributed by atoms with Crippen molar-refractivity contribution in [3.8, 4) is 5.75 Å². The number of methoxy groups -OCH3 is 1. The summed E-state index contributed by atoms with van der Waals surface area (Å²) in [5.74, 6) is 0.371. The number of ether oxygens (including phenoxy) is 2. The molecule has 3 aromatic rings. The van der Waals surface area contributed by atoms with Gasteiger partial charge in [0.15, 0.2) is 12.2 Å². The first-order chi connectivity index (χ1) is 11.2. The summed E-state index contributed by atoms with van der Waals surface area (Å²) in [6, 6.07) is 12.7. The molecule has 3 rings (SSSR count). The van der Waals surface area contributed by atoms with Crippen molar-refractivity contribution < 1.29 is 18.7 Å². The highest BCUT2D eigenvalue weighted by atomic mass is 32.2. The second-order valence-electron chi connectivity index (χ2n) is 4.72. The number of para-hydroxylation sites is 2. The van der Waals surface area contributed by atoms with Crippen molar-refractivity contribution in [2.45, 2.75) is 11.5 Å². The third kappa shape index (κ3) is 3.32. The molecule has 0 radical (unpaired) electrons. The van der Waals surface area contributed by atoms with E-state index in [0.717, 1.165) is 10.4 Å². The molecule has 23 heavy (non-hydrogen) atoms. The Kier molecular flexibility index (Phi) is 4.52. The largest absolute Gasteiger partial charge is 0.496 e. The first-order valence-corrected chi connectivity index (χ1v) is 8.17. The van der Waals surface area contributed by atoms with E-state index in [1.807, 2.05) is 36.6 Å². The lowest BCUT2D eigenvalue weighted by molar-refractivity contribution is 0.0436. The van der Waals surface area contributed by atoms with Crippen molar-refractivity contribution in [1.29, 1.82) is 0 Å². The molecule has 6 heteroatoms. The highest BCUT2D eigenvalue weighted by molar-refractivity contribution is 7.98. The Hall–Kier alpha value is -2.47. The lowest BCUT2D eigenvalue weighted by Gasteiger charge is -2.09. The van der Waals surface area contributed by atoms with Gasteiger partial charge < -0.3 is 13.9 Å². The van der Waals surface area contributed by atoms with Crippen molar-refractivity contribution in [3.05, 3.63) is 53.9 Å². The summed E-state index contributed by atoms with van der Waals surface area (Å²) in [5, 5.41) is 0. The van der Waals surface area contributed by atoms with Gasteiger partial charge in [0, 0.05) is 4.90 Å². The first kappa shape index (κ1) is 15.4. The van der Waals surface area contributed by atoms with Gasteiger partial charge in [-0.15, -0.1) is 11.8 Å². The van der Waals surface area contributed by atoms with Gasteiger partial charge >= 0.3 is 5.97 Å². The summed E-state index contributed by atoms with van der Waals surface area (Å²) in [7, 11) is 1.52. The second-order valence-corrected chi connectivity index (χ2v) is 5.60. The van der Waals surface area contributed by atoms with E-state index in [-0.39, 0.29) is 6.61 Å². The number of hydrogen-bond acceptors (Lipinski definition) is 6. The predicted molar refractivity (Wildman–Crippen MR) is 87.9 cm³/mol. The number of oxazole rings is 1. The lowest BCUT2D eigenvalue weighted by Crippen LogP contribution is -2.07. The molecule has 1 heterocycles. The van der Waals surface area contributed by atoms with Crippen LogP contribution in [0.2, 0.25) is 0 Å². The van der Waals surface area contributed by atoms with E-state index in [1.165, 1.54) is 7.11 Å². The number of nitrogens with zero attached hydrogens (tertiary/aromatic N) is 1. The number of rotatable bonds is 5. The number of carbonyl (C=O) groups is 1. The molecule has 0 spiro atoms. The van der Waals surface area contributed by atoms with Gasteiger partial charge in [-0.2, -0.15) is 0 Å². The quantitative estimate of drug-likeness (QED) is 0.522. The molecule has 0 aliphatic heterocycles. The minimum Gasteiger partial charge on any atom is -0.496 e. The molecule has 0 N–H and O–H groups in total. The third-order valence-electron chi connectivity index (χ3n) is 3.29. The third-order valence-corrected chi connectivity index (χ3v) is 4.02. The van der Waals surface area contributed by atoms with Crippen molar-refractivity contribution in [3.63, 3.8) is 0 Å². The number of thioether (sulfide) groups is 1. The van der Waals surface area contributed by atoms with Crippen LogP contribution in [0.15, 0.2) is 51.8 Å². The number of aromatic nitrogens is 1. The van der Waals surface area contributed by atoms with E-state index in [0.29, 0.717) is 22.8 Å². The van der Waals surface area contributed by atoms with Crippen LogP contribution >= 0.6 is 11.8 Å². The van der Waals surface area contributed by atoms with Gasteiger partial charge in [0.25, 0.3) is 0 Å². The Labute approximate surface area is 137 Å². The maximum atomic E-state index is 12.2. The normalized spacial score (nSPS) is 10.7. The van der Waals surface area contributed by atoms with E-state index in [4.69, 9.17) is 13.9 Å². The van der Waals surface area contributed by atoms with E-state index >= 15 is 0 Å². The van der Waals surface area contributed by atoms with Gasteiger partial charge in [0.05, 0.1) is 7.11 Å². The summed E-state index contributed by atoms with van der Waals surface area (Å²) >= 11 is 1.57. The molecule has 0 fully saturated rings.